The lowest BCUT2D eigenvalue weighted by Crippen LogP contribution is -2.21. The van der Waals surface area contributed by atoms with Crippen LogP contribution in [-0.2, 0) is 6.54 Å². The summed E-state index contributed by atoms with van der Waals surface area (Å²) < 4.78 is 5.85. The predicted molar refractivity (Wildman–Crippen MR) is 86.5 cm³/mol. The van der Waals surface area contributed by atoms with Gasteiger partial charge in [-0.25, -0.2) is 0 Å². The second kappa shape index (κ2) is 9.06. The molecule has 1 aromatic carbocycles. The number of hydrogen-bond donors (Lipinski definition) is 2. The van der Waals surface area contributed by atoms with Gasteiger partial charge in [0.2, 0.25) is 0 Å². The Labute approximate surface area is 128 Å². The first-order valence-corrected chi connectivity index (χ1v) is 8.39. The maximum absolute atomic E-state index is 10.1. The van der Waals surface area contributed by atoms with E-state index >= 15 is 0 Å². The standard InChI is InChI=1S/C18H29NO2/c1-2-11-19-13-16-9-5-6-10-18(16)21-14-17(20)12-15-7-3-4-8-15/h5-6,9-10,15,17,19-20H,2-4,7-8,11-14H2,1H3. The minimum atomic E-state index is -0.343. The van der Waals surface area contributed by atoms with Gasteiger partial charge in [-0.15, -0.1) is 0 Å². The molecule has 1 unspecified atom stereocenters. The van der Waals surface area contributed by atoms with Crippen molar-refractivity contribution >= 4 is 0 Å². The van der Waals surface area contributed by atoms with Gasteiger partial charge in [-0.1, -0.05) is 50.8 Å². The van der Waals surface area contributed by atoms with Gasteiger partial charge in [-0.2, -0.15) is 0 Å². The number of ether oxygens (including phenoxy) is 1. The molecular weight excluding hydrogens is 262 g/mol. The largest absolute Gasteiger partial charge is 0.491 e. The molecule has 1 aliphatic carbocycles. The lowest BCUT2D eigenvalue weighted by molar-refractivity contribution is 0.0850. The van der Waals surface area contributed by atoms with E-state index in [0.717, 1.165) is 31.7 Å². The third-order valence-electron chi connectivity index (χ3n) is 4.23. The van der Waals surface area contributed by atoms with Crippen molar-refractivity contribution in [2.75, 3.05) is 13.2 Å². The summed E-state index contributed by atoms with van der Waals surface area (Å²) in [6.07, 6.45) is 6.86. The molecule has 0 amide bonds. The third-order valence-corrected chi connectivity index (χ3v) is 4.23. The molecule has 1 fully saturated rings. The van der Waals surface area contributed by atoms with Crippen molar-refractivity contribution in [2.24, 2.45) is 5.92 Å². The first-order valence-electron chi connectivity index (χ1n) is 8.39. The van der Waals surface area contributed by atoms with Crippen LogP contribution in [0.1, 0.15) is 51.0 Å². The van der Waals surface area contributed by atoms with E-state index in [-0.39, 0.29) is 6.10 Å². The van der Waals surface area contributed by atoms with Crippen LogP contribution in [0, 0.1) is 5.92 Å². The summed E-state index contributed by atoms with van der Waals surface area (Å²) in [5.41, 5.74) is 1.17. The predicted octanol–water partition coefficient (Wildman–Crippen LogP) is 3.51. The van der Waals surface area contributed by atoms with Crippen molar-refractivity contribution in [3.63, 3.8) is 0 Å². The Morgan fingerprint density at radius 1 is 1.29 bits per heavy atom. The van der Waals surface area contributed by atoms with Gasteiger partial charge in [0, 0.05) is 12.1 Å². The molecule has 0 radical (unpaired) electrons. The van der Waals surface area contributed by atoms with E-state index in [0.29, 0.717) is 12.5 Å². The second-order valence-corrected chi connectivity index (χ2v) is 6.14. The average Bonchev–Trinajstić information content (AvgIpc) is 2.99. The fourth-order valence-electron chi connectivity index (χ4n) is 3.08. The fraction of sp³-hybridized carbons (Fsp3) is 0.667. The molecule has 1 atom stereocenters. The Morgan fingerprint density at radius 3 is 2.81 bits per heavy atom. The number of aliphatic hydroxyl groups is 1. The number of para-hydroxylation sites is 1. The van der Waals surface area contributed by atoms with E-state index in [1.54, 1.807) is 0 Å². The lowest BCUT2D eigenvalue weighted by atomic mass is 10.0. The van der Waals surface area contributed by atoms with Gasteiger partial charge in [-0.05, 0) is 31.4 Å². The van der Waals surface area contributed by atoms with Crippen LogP contribution in [0.15, 0.2) is 24.3 Å². The van der Waals surface area contributed by atoms with Crippen LogP contribution < -0.4 is 10.1 Å². The van der Waals surface area contributed by atoms with E-state index in [4.69, 9.17) is 4.74 Å². The molecule has 1 aromatic rings. The highest BCUT2D eigenvalue weighted by atomic mass is 16.5. The summed E-state index contributed by atoms with van der Waals surface area (Å²) in [6.45, 7) is 4.40. The molecule has 118 valence electrons. The van der Waals surface area contributed by atoms with E-state index in [1.165, 1.54) is 31.2 Å². The second-order valence-electron chi connectivity index (χ2n) is 6.14. The Kier molecular flexibility index (Phi) is 7.04. The van der Waals surface area contributed by atoms with Gasteiger partial charge in [-0.3, -0.25) is 0 Å². The minimum absolute atomic E-state index is 0.343. The van der Waals surface area contributed by atoms with E-state index < -0.39 is 0 Å². The molecule has 0 aliphatic heterocycles. The van der Waals surface area contributed by atoms with Crippen molar-refractivity contribution in [1.82, 2.24) is 5.32 Å². The van der Waals surface area contributed by atoms with Gasteiger partial charge < -0.3 is 15.2 Å². The van der Waals surface area contributed by atoms with E-state index in [1.807, 2.05) is 18.2 Å². The zero-order valence-corrected chi connectivity index (χ0v) is 13.2. The molecule has 0 bridgehead atoms. The monoisotopic (exact) mass is 291 g/mol. The van der Waals surface area contributed by atoms with Gasteiger partial charge in [0.15, 0.2) is 0 Å². The molecule has 1 aliphatic rings. The Balaban J connectivity index is 1.78. The quantitative estimate of drug-likeness (QED) is 0.684. The van der Waals surface area contributed by atoms with Crippen molar-refractivity contribution in [3.05, 3.63) is 29.8 Å². The summed E-state index contributed by atoms with van der Waals surface area (Å²) in [5.74, 6) is 1.59. The van der Waals surface area contributed by atoms with Crippen LogP contribution in [0.5, 0.6) is 5.75 Å². The SMILES string of the molecule is CCCNCc1ccccc1OCC(O)CC1CCCC1. The number of nitrogens with one attached hydrogen (secondary N) is 1. The molecule has 1 saturated carbocycles. The highest BCUT2D eigenvalue weighted by Crippen LogP contribution is 2.28. The molecule has 2 rings (SSSR count). The van der Waals surface area contributed by atoms with Crippen LogP contribution in [0.25, 0.3) is 0 Å². The third kappa shape index (κ3) is 5.68. The Morgan fingerprint density at radius 2 is 2.05 bits per heavy atom. The van der Waals surface area contributed by atoms with Crippen molar-refractivity contribution in [1.29, 1.82) is 0 Å². The van der Waals surface area contributed by atoms with Gasteiger partial charge in [0.05, 0.1) is 6.10 Å². The van der Waals surface area contributed by atoms with Gasteiger partial charge in [0.1, 0.15) is 12.4 Å². The van der Waals surface area contributed by atoms with E-state index in [9.17, 15) is 5.11 Å². The molecule has 0 heterocycles. The molecule has 0 spiro atoms. The molecule has 2 N–H and O–H groups in total. The van der Waals surface area contributed by atoms with Crippen molar-refractivity contribution in [2.45, 2.75) is 58.1 Å². The summed E-state index contributed by atoms with van der Waals surface area (Å²) in [6, 6.07) is 8.10. The Hall–Kier alpha value is -1.06. The summed E-state index contributed by atoms with van der Waals surface area (Å²) in [5, 5.41) is 13.5. The van der Waals surface area contributed by atoms with Crippen LogP contribution in [0.3, 0.4) is 0 Å². The maximum Gasteiger partial charge on any atom is 0.123 e. The zero-order chi connectivity index (χ0) is 14.9. The fourth-order valence-corrected chi connectivity index (χ4v) is 3.08. The maximum atomic E-state index is 10.1. The summed E-state index contributed by atoms with van der Waals surface area (Å²) >= 11 is 0. The van der Waals surface area contributed by atoms with Crippen LogP contribution in [0.4, 0.5) is 0 Å². The number of benzene rings is 1. The molecule has 0 aromatic heterocycles. The van der Waals surface area contributed by atoms with Gasteiger partial charge >= 0.3 is 0 Å². The van der Waals surface area contributed by atoms with Crippen LogP contribution in [-0.4, -0.2) is 24.4 Å². The van der Waals surface area contributed by atoms with Crippen molar-refractivity contribution < 1.29 is 9.84 Å². The highest BCUT2D eigenvalue weighted by Gasteiger charge is 2.19. The average molecular weight is 291 g/mol. The first kappa shape index (κ1) is 16.3. The molecule has 3 heteroatoms. The highest BCUT2D eigenvalue weighted by molar-refractivity contribution is 5.33. The topological polar surface area (TPSA) is 41.5 Å². The van der Waals surface area contributed by atoms with E-state index in [2.05, 4.69) is 18.3 Å². The molecule has 3 nitrogen and oxygen atoms in total. The smallest absolute Gasteiger partial charge is 0.123 e. The lowest BCUT2D eigenvalue weighted by Gasteiger charge is -2.17. The molecular formula is C18H29NO2. The van der Waals surface area contributed by atoms with Crippen molar-refractivity contribution in [3.8, 4) is 5.75 Å². The minimum Gasteiger partial charge on any atom is -0.491 e. The normalized spacial score (nSPS) is 17.0. The van der Waals surface area contributed by atoms with Crippen LogP contribution in [0.2, 0.25) is 0 Å². The zero-order valence-electron chi connectivity index (χ0n) is 13.2. The Bertz CT molecular complexity index is 402. The summed E-state index contributed by atoms with van der Waals surface area (Å²) in [4.78, 5) is 0. The molecule has 0 saturated heterocycles. The van der Waals surface area contributed by atoms with Gasteiger partial charge in [0.25, 0.3) is 0 Å². The van der Waals surface area contributed by atoms with Crippen LogP contribution >= 0.6 is 0 Å². The number of hydrogen-bond acceptors (Lipinski definition) is 3. The number of aliphatic hydroxyl groups excluding tert-OH is 1. The number of rotatable bonds is 9. The molecule has 21 heavy (non-hydrogen) atoms. The first-order chi connectivity index (χ1) is 10.3. The summed E-state index contributed by atoms with van der Waals surface area (Å²) in [7, 11) is 0.